The summed E-state index contributed by atoms with van der Waals surface area (Å²) in [6, 6.07) is 3.10. The fourth-order valence-corrected chi connectivity index (χ4v) is 2.09. The fourth-order valence-electron chi connectivity index (χ4n) is 2.09. The molecular weight excluding hydrogens is 272 g/mol. The summed E-state index contributed by atoms with van der Waals surface area (Å²) < 4.78 is 5.18. The molecule has 7 heteroatoms. The monoisotopic (exact) mass is 292 g/mol. The van der Waals surface area contributed by atoms with Crippen molar-refractivity contribution >= 4 is 23.5 Å². The average molecular weight is 292 g/mol. The maximum atomic E-state index is 12.0. The second kappa shape index (κ2) is 5.59. The molecule has 21 heavy (non-hydrogen) atoms. The van der Waals surface area contributed by atoms with Gasteiger partial charge in [-0.05, 0) is 32.9 Å². The number of amides is 2. The van der Waals surface area contributed by atoms with Crippen LogP contribution < -0.4 is 16.0 Å². The van der Waals surface area contributed by atoms with Crippen LogP contribution in [0.3, 0.4) is 0 Å². The molecule has 1 saturated heterocycles. The van der Waals surface area contributed by atoms with Crippen molar-refractivity contribution in [2.45, 2.75) is 38.8 Å². The minimum absolute atomic E-state index is 0.0670. The molecule has 1 atom stereocenters. The number of nitrogens with one attached hydrogen (secondary N) is 1. The van der Waals surface area contributed by atoms with Crippen LogP contribution in [0.5, 0.6) is 0 Å². The van der Waals surface area contributed by atoms with E-state index in [1.54, 1.807) is 44.0 Å². The molecule has 7 nitrogen and oxygen atoms in total. The lowest BCUT2D eigenvalue weighted by atomic mass is 10.2. The molecule has 1 fully saturated rings. The molecule has 3 N–H and O–H groups in total. The molecular formula is C14H20N4O3. The second-order valence-corrected chi connectivity index (χ2v) is 5.99. The van der Waals surface area contributed by atoms with Gasteiger partial charge in [-0.1, -0.05) is 0 Å². The smallest absolute Gasteiger partial charge is 0.407 e. The molecule has 0 aromatic carbocycles. The molecule has 1 aromatic heterocycles. The highest BCUT2D eigenvalue weighted by Crippen LogP contribution is 2.21. The van der Waals surface area contributed by atoms with E-state index in [4.69, 9.17) is 10.5 Å². The topological polar surface area (TPSA) is 97.5 Å². The van der Waals surface area contributed by atoms with Crippen molar-refractivity contribution in [1.29, 1.82) is 0 Å². The predicted octanol–water partition coefficient (Wildman–Crippen LogP) is 1.29. The van der Waals surface area contributed by atoms with Crippen LogP contribution in [-0.2, 0) is 9.53 Å². The zero-order valence-electron chi connectivity index (χ0n) is 12.4. The fraction of sp³-hybridized carbons (Fsp3) is 0.500. The van der Waals surface area contributed by atoms with Gasteiger partial charge in [-0.2, -0.15) is 0 Å². The number of nitrogens with zero attached hydrogens (tertiary/aromatic N) is 2. The van der Waals surface area contributed by atoms with Crippen molar-refractivity contribution in [3.05, 3.63) is 18.3 Å². The van der Waals surface area contributed by atoms with Gasteiger partial charge in [0.1, 0.15) is 11.4 Å². The SMILES string of the molecule is CC(C)(C)OC(=O)NC1CC(=O)N(c2ccc(N)nc2)C1. The van der Waals surface area contributed by atoms with E-state index < -0.39 is 11.7 Å². The third kappa shape index (κ3) is 4.08. The quantitative estimate of drug-likeness (QED) is 0.856. The highest BCUT2D eigenvalue weighted by atomic mass is 16.6. The molecule has 0 radical (unpaired) electrons. The highest BCUT2D eigenvalue weighted by molar-refractivity contribution is 5.96. The maximum Gasteiger partial charge on any atom is 0.407 e. The molecule has 1 aliphatic rings. The van der Waals surface area contributed by atoms with Crippen molar-refractivity contribution in [1.82, 2.24) is 10.3 Å². The normalized spacial score (nSPS) is 18.7. The Bertz CT molecular complexity index is 536. The van der Waals surface area contributed by atoms with E-state index in [1.165, 1.54) is 0 Å². The third-order valence-electron chi connectivity index (χ3n) is 2.93. The summed E-state index contributed by atoms with van der Waals surface area (Å²) in [6.07, 6.45) is 1.27. The molecule has 1 aromatic rings. The molecule has 114 valence electrons. The Morgan fingerprint density at radius 3 is 2.76 bits per heavy atom. The van der Waals surface area contributed by atoms with Gasteiger partial charge in [-0.25, -0.2) is 9.78 Å². The summed E-state index contributed by atoms with van der Waals surface area (Å²) in [5, 5.41) is 2.71. The zero-order chi connectivity index (χ0) is 15.6. The van der Waals surface area contributed by atoms with Crippen LogP contribution in [-0.4, -0.2) is 35.2 Å². The summed E-state index contributed by atoms with van der Waals surface area (Å²) in [7, 11) is 0. The Morgan fingerprint density at radius 2 is 2.19 bits per heavy atom. The summed E-state index contributed by atoms with van der Waals surface area (Å²) in [5.41, 5.74) is 5.63. The number of carbonyl (C=O) groups is 2. The van der Waals surface area contributed by atoms with Gasteiger partial charge in [0.25, 0.3) is 0 Å². The number of anilines is 2. The van der Waals surface area contributed by atoms with Crippen molar-refractivity contribution in [2.75, 3.05) is 17.2 Å². The van der Waals surface area contributed by atoms with Gasteiger partial charge in [-0.15, -0.1) is 0 Å². The van der Waals surface area contributed by atoms with E-state index in [0.29, 0.717) is 18.1 Å². The van der Waals surface area contributed by atoms with E-state index in [1.807, 2.05) is 0 Å². The number of hydrogen-bond acceptors (Lipinski definition) is 5. The molecule has 1 unspecified atom stereocenters. The summed E-state index contributed by atoms with van der Waals surface area (Å²) in [5.74, 6) is 0.330. The Balaban J connectivity index is 1.96. The van der Waals surface area contributed by atoms with Crippen molar-refractivity contribution < 1.29 is 14.3 Å². The van der Waals surface area contributed by atoms with Gasteiger partial charge in [-0.3, -0.25) is 4.79 Å². The Labute approximate surface area is 123 Å². The van der Waals surface area contributed by atoms with E-state index in [0.717, 1.165) is 0 Å². The number of rotatable bonds is 2. The predicted molar refractivity (Wildman–Crippen MR) is 78.8 cm³/mol. The van der Waals surface area contributed by atoms with Crippen molar-refractivity contribution in [2.24, 2.45) is 0 Å². The lowest BCUT2D eigenvalue weighted by Gasteiger charge is -2.21. The van der Waals surface area contributed by atoms with Crippen LogP contribution in [0.4, 0.5) is 16.3 Å². The van der Waals surface area contributed by atoms with E-state index >= 15 is 0 Å². The van der Waals surface area contributed by atoms with Crippen LogP contribution >= 0.6 is 0 Å². The number of hydrogen-bond donors (Lipinski definition) is 2. The lowest BCUT2D eigenvalue weighted by molar-refractivity contribution is -0.117. The summed E-state index contributed by atoms with van der Waals surface area (Å²) in [6.45, 7) is 5.76. The first-order valence-electron chi connectivity index (χ1n) is 6.76. The largest absolute Gasteiger partial charge is 0.444 e. The Kier molecular flexibility index (Phi) is 4.02. The Hall–Kier alpha value is -2.31. The van der Waals surface area contributed by atoms with E-state index in [9.17, 15) is 9.59 Å². The van der Waals surface area contributed by atoms with Gasteiger partial charge < -0.3 is 20.7 Å². The number of alkyl carbamates (subject to hydrolysis) is 1. The number of carbonyl (C=O) groups excluding carboxylic acids is 2. The van der Waals surface area contributed by atoms with Crippen molar-refractivity contribution in [3.8, 4) is 0 Å². The molecule has 0 spiro atoms. The van der Waals surface area contributed by atoms with Crippen LogP contribution in [0.1, 0.15) is 27.2 Å². The molecule has 2 rings (SSSR count). The first kappa shape index (κ1) is 15.1. The van der Waals surface area contributed by atoms with Gasteiger partial charge in [0, 0.05) is 13.0 Å². The first-order valence-corrected chi connectivity index (χ1v) is 6.76. The molecule has 2 amide bonds. The third-order valence-corrected chi connectivity index (χ3v) is 2.93. The number of nitrogens with two attached hydrogens (primary N) is 1. The number of aromatic nitrogens is 1. The molecule has 2 heterocycles. The molecule has 0 bridgehead atoms. The Morgan fingerprint density at radius 1 is 1.48 bits per heavy atom. The van der Waals surface area contributed by atoms with E-state index in [-0.39, 0.29) is 18.4 Å². The highest BCUT2D eigenvalue weighted by Gasteiger charge is 2.32. The standard InChI is InChI=1S/C14H20N4O3/c1-14(2,3)21-13(20)17-9-6-12(19)18(8-9)10-4-5-11(15)16-7-10/h4-5,7,9H,6,8H2,1-3H3,(H2,15,16)(H,17,20). The lowest BCUT2D eigenvalue weighted by Crippen LogP contribution is -2.40. The van der Waals surface area contributed by atoms with Gasteiger partial charge in [0.15, 0.2) is 0 Å². The van der Waals surface area contributed by atoms with Crippen molar-refractivity contribution in [3.63, 3.8) is 0 Å². The summed E-state index contributed by atoms with van der Waals surface area (Å²) >= 11 is 0. The van der Waals surface area contributed by atoms with Crippen LogP contribution in [0.2, 0.25) is 0 Å². The molecule has 0 aliphatic carbocycles. The maximum absolute atomic E-state index is 12.0. The number of pyridine rings is 1. The van der Waals surface area contributed by atoms with Gasteiger partial charge >= 0.3 is 6.09 Å². The molecule has 1 aliphatic heterocycles. The second-order valence-electron chi connectivity index (χ2n) is 5.99. The zero-order valence-corrected chi connectivity index (χ0v) is 12.4. The van der Waals surface area contributed by atoms with Crippen LogP contribution in [0, 0.1) is 0 Å². The minimum atomic E-state index is -0.562. The van der Waals surface area contributed by atoms with Crippen LogP contribution in [0.25, 0.3) is 0 Å². The first-order chi connectivity index (χ1) is 9.74. The van der Waals surface area contributed by atoms with Gasteiger partial charge in [0.05, 0.1) is 17.9 Å². The van der Waals surface area contributed by atoms with E-state index in [2.05, 4.69) is 10.3 Å². The van der Waals surface area contributed by atoms with Crippen LogP contribution in [0.15, 0.2) is 18.3 Å². The number of ether oxygens (including phenoxy) is 1. The number of nitrogen functional groups attached to an aromatic ring is 1. The van der Waals surface area contributed by atoms with Gasteiger partial charge in [0.2, 0.25) is 5.91 Å². The average Bonchev–Trinajstić information content (AvgIpc) is 2.68. The minimum Gasteiger partial charge on any atom is -0.444 e. The summed E-state index contributed by atoms with van der Waals surface area (Å²) in [4.78, 5) is 29.3. The molecule has 0 saturated carbocycles.